The highest BCUT2D eigenvalue weighted by atomic mass is 16.5. The van der Waals surface area contributed by atoms with Crippen LogP contribution in [0.1, 0.15) is 43.7 Å². The molecule has 1 fully saturated rings. The second-order valence-corrected chi connectivity index (χ2v) is 4.91. The first-order valence-electron chi connectivity index (χ1n) is 6.70. The topological polar surface area (TPSA) is 21.3 Å². The molecule has 2 nitrogen and oxygen atoms in total. The highest BCUT2D eigenvalue weighted by Crippen LogP contribution is 2.41. The standard InChI is InChI=1S/C15H23NO/c1-3-17-11-12(2)16-10-14-6-4-5-7-15(14)13-8-9-13/h4-7,12-13,16H,3,8-11H2,1-2H3. The Hall–Kier alpha value is -0.860. The van der Waals surface area contributed by atoms with Gasteiger partial charge in [0.1, 0.15) is 0 Å². The van der Waals surface area contributed by atoms with Crippen LogP contribution in [0, 0.1) is 0 Å². The minimum atomic E-state index is 0.419. The van der Waals surface area contributed by atoms with Crippen LogP contribution in [0.3, 0.4) is 0 Å². The molecular weight excluding hydrogens is 210 g/mol. The summed E-state index contributed by atoms with van der Waals surface area (Å²) in [6.07, 6.45) is 2.73. The molecular formula is C15H23NO. The average molecular weight is 233 g/mol. The van der Waals surface area contributed by atoms with Gasteiger partial charge in [0.2, 0.25) is 0 Å². The Bertz CT molecular complexity index is 347. The average Bonchev–Trinajstić information content (AvgIpc) is 3.18. The second-order valence-electron chi connectivity index (χ2n) is 4.91. The Morgan fingerprint density at radius 1 is 1.35 bits per heavy atom. The molecule has 1 aromatic rings. The number of hydrogen-bond acceptors (Lipinski definition) is 2. The van der Waals surface area contributed by atoms with Crippen molar-refractivity contribution in [2.45, 2.75) is 45.2 Å². The van der Waals surface area contributed by atoms with Gasteiger partial charge in [-0.2, -0.15) is 0 Å². The molecule has 0 spiro atoms. The molecule has 2 rings (SSSR count). The fourth-order valence-electron chi connectivity index (χ4n) is 2.13. The predicted octanol–water partition coefficient (Wildman–Crippen LogP) is 3.08. The Morgan fingerprint density at radius 3 is 2.82 bits per heavy atom. The van der Waals surface area contributed by atoms with Crippen LogP contribution in [0.2, 0.25) is 0 Å². The van der Waals surface area contributed by atoms with Crippen LogP contribution in [0.25, 0.3) is 0 Å². The lowest BCUT2D eigenvalue weighted by Gasteiger charge is -2.15. The maximum absolute atomic E-state index is 5.41. The third kappa shape index (κ3) is 3.83. The van der Waals surface area contributed by atoms with E-state index in [1.807, 2.05) is 6.92 Å². The third-order valence-corrected chi connectivity index (χ3v) is 3.29. The van der Waals surface area contributed by atoms with E-state index in [4.69, 9.17) is 4.74 Å². The van der Waals surface area contributed by atoms with E-state index in [0.29, 0.717) is 6.04 Å². The summed E-state index contributed by atoms with van der Waals surface area (Å²) in [4.78, 5) is 0. The lowest BCUT2D eigenvalue weighted by Crippen LogP contribution is -2.30. The Balaban J connectivity index is 1.85. The zero-order valence-electron chi connectivity index (χ0n) is 10.9. The summed E-state index contributed by atoms with van der Waals surface area (Å²) >= 11 is 0. The van der Waals surface area contributed by atoms with Crippen molar-refractivity contribution in [3.63, 3.8) is 0 Å². The molecule has 0 saturated heterocycles. The number of ether oxygens (including phenoxy) is 1. The van der Waals surface area contributed by atoms with E-state index in [2.05, 4.69) is 36.5 Å². The summed E-state index contributed by atoms with van der Waals surface area (Å²) in [5, 5.41) is 3.53. The van der Waals surface area contributed by atoms with E-state index >= 15 is 0 Å². The molecule has 1 atom stereocenters. The monoisotopic (exact) mass is 233 g/mol. The minimum Gasteiger partial charge on any atom is -0.380 e. The van der Waals surface area contributed by atoms with Gasteiger partial charge < -0.3 is 10.1 Å². The van der Waals surface area contributed by atoms with Gasteiger partial charge in [0.25, 0.3) is 0 Å². The first-order chi connectivity index (χ1) is 8.31. The highest BCUT2D eigenvalue weighted by Gasteiger charge is 2.25. The Labute approximate surface area is 104 Å². The summed E-state index contributed by atoms with van der Waals surface area (Å²) in [7, 11) is 0. The fraction of sp³-hybridized carbons (Fsp3) is 0.600. The van der Waals surface area contributed by atoms with Crippen LogP contribution < -0.4 is 5.32 Å². The molecule has 1 unspecified atom stereocenters. The summed E-state index contributed by atoms with van der Waals surface area (Å²) in [5.74, 6) is 0.829. The van der Waals surface area contributed by atoms with Crippen LogP contribution in [0.4, 0.5) is 0 Å². The molecule has 1 aliphatic rings. The number of hydrogen-bond donors (Lipinski definition) is 1. The van der Waals surface area contributed by atoms with E-state index < -0.39 is 0 Å². The molecule has 0 heterocycles. The van der Waals surface area contributed by atoms with Crippen molar-refractivity contribution >= 4 is 0 Å². The van der Waals surface area contributed by atoms with Crippen LogP contribution in [0.5, 0.6) is 0 Å². The molecule has 1 aliphatic carbocycles. The molecule has 1 aromatic carbocycles. The van der Waals surface area contributed by atoms with Gasteiger partial charge in [0.15, 0.2) is 0 Å². The van der Waals surface area contributed by atoms with Crippen molar-refractivity contribution in [2.75, 3.05) is 13.2 Å². The van der Waals surface area contributed by atoms with Crippen molar-refractivity contribution < 1.29 is 4.74 Å². The molecule has 0 amide bonds. The van der Waals surface area contributed by atoms with Crippen LogP contribution in [-0.4, -0.2) is 19.3 Å². The van der Waals surface area contributed by atoms with Gasteiger partial charge in [-0.05, 0) is 43.7 Å². The maximum atomic E-state index is 5.41. The van der Waals surface area contributed by atoms with Crippen molar-refractivity contribution in [3.05, 3.63) is 35.4 Å². The first-order valence-corrected chi connectivity index (χ1v) is 6.70. The number of nitrogens with one attached hydrogen (secondary N) is 1. The smallest absolute Gasteiger partial charge is 0.0616 e. The van der Waals surface area contributed by atoms with Crippen molar-refractivity contribution in [1.29, 1.82) is 0 Å². The zero-order chi connectivity index (χ0) is 12.1. The highest BCUT2D eigenvalue weighted by molar-refractivity contribution is 5.33. The summed E-state index contributed by atoms with van der Waals surface area (Å²) in [6.45, 7) is 6.76. The first kappa shape index (κ1) is 12.6. The molecule has 17 heavy (non-hydrogen) atoms. The van der Waals surface area contributed by atoms with Gasteiger partial charge in [0.05, 0.1) is 6.61 Å². The summed E-state index contributed by atoms with van der Waals surface area (Å²) in [5.41, 5.74) is 3.00. The van der Waals surface area contributed by atoms with Gasteiger partial charge in [-0.15, -0.1) is 0 Å². The van der Waals surface area contributed by atoms with Gasteiger partial charge in [0, 0.05) is 19.2 Å². The van der Waals surface area contributed by atoms with E-state index in [-0.39, 0.29) is 0 Å². The van der Waals surface area contributed by atoms with E-state index in [1.54, 1.807) is 5.56 Å². The Kier molecular flexibility index (Phi) is 4.57. The van der Waals surface area contributed by atoms with Crippen LogP contribution >= 0.6 is 0 Å². The summed E-state index contributed by atoms with van der Waals surface area (Å²) < 4.78 is 5.41. The molecule has 1 saturated carbocycles. The molecule has 0 radical (unpaired) electrons. The van der Waals surface area contributed by atoms with Gasteiger partial charge in [-0.1, -0.05) is 24.3 Å². The van der Waals surface area contributed by atoms with Crippen molar-refractivity contribution in [2.24, 2.45) is 0 Å². The van der Waals surface area contributed by atoms with Gasteiger partial charge >= 0.3 is 0 Å². The van der Waals surface area contributed by atoms with Crippen molar-refractivity contribution in [3.8, 4) is 0 Å². The number of benzene rings is 1. The van der Waals surface area contributed by atoms with E-state index in [1.165, 1.54) is 18.4 Å². The Morgan fingerprint density at radius 2 is 2.12 bits per heavy atom. The second kappa shape index (κ2) is 6.18. The maximum Gasteiger partial charge on any atom is 0.0616 e. The SMILES string of the molecule is CCOCC(C)NCc1ccccc1C1CC1. The lowest BCUT2D eigenvalue weighted by molar-refractivity contribution is 0.127. The van der Waals surface area contributed by atoms with Crippen LogP contribution in [0.15, 0.2) is 24.3 Å². The molecule has 1 N–H and O–H groups in total. The molecule has 94 valence electrons. The van der Waals surface area contributed by atoms with E-state index in [9.17, 15) is 0 Å². The molecule has 0 bridgehead atoms. The van der Waals surface area contributed by atoms with Gasteiger partial charge in [-0.3, -0.25) is 0 Å². The normalized spacial score (nSPS) is 17.1. The third-order valence-electron chi connectivity index (χ3n) is 3.29. The zero-order valence-corrected chi connectivity index (χ0v) is 10.9. The fourth-order valence-corrected chi connectivity index (χ4v) is 2.13. The minimum absolute atomic E-state index is 0.419. The van der Waals surface area contributed by atoms with Gasteiger partial charge in [-0.25, -0.2) is 0 Å². The summed E-state index contributed by atoms with van der Waals surface area (Å²) in [6, 6.07) is 9.23. The number of rotatable bonds is 7. The lowest BCUT2D eigenvalue weighted by atomic mass is 10.0. The quantitative estimate of drug-likeness (QED) is 0.781. The molecule has 0 aromatic heterocycles. The molecule has 0 aliphatic heterocycles. The van der Waals surface area contributed by atoms with Crippen molar-refractivity contribution in [1.82, 2.24) is 5.32 Å². The van der Waals surface area contributed by atoms with E-state index in [0.717, 1.165) is 25.7 Å². The predicted molar refractivity (Wildman–Crippen MR) is 71.2 cm³/mol. The van der Waals surface area contributed by atoms with Crippen LogP contribution in [-0.2, 0) is 11.3 Å². The molecule has 2 heteroatoms. The largest absolute Gasteiger partial charge is 0.380 e.